The number of H-pyrrole nitrogens is 2. The molecule has 0 unspecified atom stereocenters. The molecule has 3 aliphatic heterocycles. The van der Waals surface area contributed by atoms with Gasteiger partial charge in [-0.1, -0.05) is 11.6 Å². The summed E-state index contributed by atoms with van der Waals surface area (Å²) in [7, 11) is 2.01. The Labute approximate surface area is 191 Å². The SMILES string of the molecule is C1=Cc2cc3ccc(cc4nc(cc5ccc(cc1n2)[nH]5)C=C4)[nH]3.CN1C=CC(Cl)=CC1. The maximum Gasteiger partial charge on any atom is 0.0658 e. The predicted octanol–water partition coefficient (Wildman–Crippen LogP) is 6.22. The molecule has 8 bridgehead atoms. The number of nitrogens with zero attached hydrogens (tertiary/aromatic N) is 3. The van der Waals surface area contributed by atoms with Crippen molar-refractivity contribution in [2.45, 2.75) is 0 Å². The molecule has 6 heteroatoms. The van der Waals surface area contributed by atoms with Crippen LogP contribution in [-0.4, -0.2) is 38.4 Å². The van der Waals surface area contributed by atoms with E-state index in [1.54, 1.807) is 0 Å². The highest BCUT2D eigenvalue weighted by Crippen LogP contribution is 2.17. The van der Waals surface area contributed by atoms with Crippen LogP contribution < -0.4 is 0 Å². The first-order valence-electron chi connectivity index (χ1n) is 10.4. The van der Waals surface area contributed by atoms with Crippen LogP contribution in [0, 0.1) is 0 Å². The van der Waals surface area contributed by atoms with E-state index in [4.69, 9.17) is 11.6 Å². The lowest BCUT2D eigenvalue weighted by Gasteiger charge is -2.13. The number of rotatable bonds is 0. The number of aromatic nitrogens is 4. The van der Waals surface area contributed by atoms with Crippen molar-refractivity contribution < 1.29 is 0 Å². The molecule has 3 aromatic heterocycles. The minimum atomic E-state index is 0.836. The summed E-state index contributed by atoms with van der Waals surface area (Å²) in [6.07, 6.45) is 13.9. The number of likely N-dealkylation sites (N-methyl/N-ethyl adjacent to an activating group) is 1. The smallest absolute Gasteiger partial charge is 0.0658 e. The Balaban J connectivity index is 0.000000230. The molecule has 0 fully saturated rings. The molecule has 158 valence electrons. The van der Waals surface area contributed by atoms with E-state index in [0.717, 1.165) is 56.4 Å². The zero-order valence-corrected chi connectivity index (χ0v) is 18.3. The van der Waals surface area contributed by atoms with Gasteiger partial charge in [-0.15, -0.1) is 0 Å². The topological polar surface area (TPSA) is 60.6 Å². The third-order valence-corrected chi connectivity index (χ3v) is 5.38. The van der Waals surface area contributed by atoms with E-state index in [1.165, 1.54) is 0 Å². The summed E-state index contributed by atoms with van der Waals surface area (Å²) in [4.78, 5) is 18.1. The number of allylic oxidation sites excluding steroid dienone is 2. The lowest BCUT2D eigenvalue weighted by molar-refractivity contribution is 0.504. The van der Waals surface area contributed by atoms with Gasteiger partial charge >= 0.3 is 0 Å². The largest absolute Gasteiger partial charge is 0.377 e. The summed E-state index contributed by atoms with van der Waals surface area (Å²) in [6, 6.07) is 16.4. The molecule has 5 nitrogen and oxygen atoms in total. The van der Waals surface area contributed by atoms with Gasteiger partial charge in [0.1, 0.15) is 0 Å². The summed E-state index contributed by atoms with van der Waals surface area (Å²) in [5.41, 5.74) is 7.86. The molecule has 0 saturated heterocycles. The number of aromatic amines is 2. The zero-order chi connectivity index (χ0) is 21.9. The minimum Gasteiger partial charge on any atom is -0.377 e. The number of halogens is 1. The number of hydrogen-bond donors (Lipinski definition) is 2. The molecule has 3 aliphatic rings. The highest BCUT2D eigenvalue weighted by atomic mass is 35.5. The fraction of sp³-hybridized carbons (Fsp3) is 0.0769. The molecule has 32 heavy (non-hydrogen) atoms. The van der Waals surface area contributed by atoms with Crippen LogP contribution in [0.1, 0.15) is 22.8 Å². The van der Waals surface area contributed by atoms with Gasteiger partial charge in [0.05, 0.1) is 22.8 Å². The first-order valence-corrected chi connectivity index (χ1v) is 10.8. The standard InChI is InChI=1S/C20H14N4.C6H8ClN/c1-2-14-10-16-5-6-18(23-16)12-20-8-7-19(24-20)11-17-4-3-15(22-17)9-13(1)21-14;1-8-4-2-6(7)3-5-8/h1-12,21,24H;2-4H,5H2,1H3. The highest BCUT2D eigenvalue weighted by molar-refractivity contribution is 6.31. The molecular formula is C26H22ClN5. The van der Waals surface area contributed by atoms with Gasteiger partial charge in [0, 0.05) is 46.9 Å². The van der Waals surface area contributed by atoms with Crippen LogP contribution in [0.5, 0.6) is 0 Å². The molecule has 2 N–H and O–H groups in total. The third kappa shape index (κ3) is 4.90. The Bertz CT molecular complexity index is 1260. The van der Waals surface area contributed by atoms with Crippen molar-refractivity contribution in [2.24, 2.45) is 0 Å². The molecule has 0 aliphatic carbocycles. The molecule has 0 spiro atoms. The monoisotopic (exact) mass is 439 g/mol. The van der Waals surface area contributed by atoms with Crippen molar-refractivity contribution in [1.82, 2.24) is 24.8 Å². The van der Waals surface area contributed by atoms with Gasteiger partial charge < -0.3 is 14.9 Å². The fourth-order valence-corrected chi connectivity index (χ4v) is 3.63. The van der Waals surface area contributed by atoms with E-state index in [0.29, 0.717) is 0 Å². The van der Waals surface area contributed by atoms with Crippen LogP contribution in [0.3, 0.4) is 0 Å². The zero-order valence-electron chi connectivity index (χ0n) is 17.6. The Kier molecular flexibility index (Phi) is 5.48. The minimum absolute atomic E-state index is 0.836. The molecule has 0 aromatic carbocycles. The summed E-state index contributed by atoms with van der Waals surface area (Å²) in [5.74, 6) is 0. The van der Waals surface area contributed by atoms with Gasteiger partial charge in [-0.2, -0.15) is 0 Å². The predicted molar refractivity (Wildman–Crippen MR) is 135 cm³/mol. The normalized spacial score (nSPS) is 14.2. The van der Waals surface area contributed by atoms with Crippen molar-refractivity contribution in [2.75, 3.05) is 13.6 Å². The maximum atomic E-state index is 5.63. The van der Waals surface area contributed by atoms with E-state index in [9.17, 15) is 0 Å². The van der Waals surface area contributed by atoms with E-state index < -0.39 is 0 Å². The van der Waals surface area contributed by atoms with Gasteiger partial charge in [0.15, 0.2) is 0 Å². The molecular weight excluding hydrogens is 418 g/mol. The lowest BCUT2D eigenvalue weighted by Crippen LogP contribution is -2.12. The van der Waals surface area contributed by atoms with Crippen LogP contribution in [0.2, 0.25) is 0 Å². The van der Waals surface area contributed by atoms with Crippen molar-refractivity contribution in [3.8, 4) is 0 Å². The summed E-state index contributed by atoms with van der Waals surface area (Å²) >= 11 is 5.63. The van der Waals surface area contributed by atoms with Crippen LogP contribution in [0.4, 0.5) is 0 Å². The van der Waals surface area contributed by atoms with Crippen molar-refractivity contribution in [3.05, 3.63) is 94.7 Å². The second kappa shape index (κ2) is 8.73. The van der Waals surface area contributed by atoms with Crippen LogP contribution >= 0.6 is 11.6 Å². The fourth-order valence-electron chi connectivity index (χ4n) is 3.50. The molecule has 6 rings (SSSR count). The molecule has 0 radical (unpaired) electrons. The quantitative estimate of drug-likeness (QED) is 0.301. The van der Waals surface area contributed by atoms with Crippen LogP contribution in [0.25, 0.3) is 46.4 Å². The average molecular weight is 440 g/mol. The highest BCUT2D eigenvalue weighted by Gasteiger charge is 2.01. The lowest BCUT2D eigenvalue weighted by atomic mass is 10.3. The number of nitrogens with one attached hydrogen (secondary N) is 2. The first-order chi connectivity index (χ1) is 15.6. The van der Waals surface area contributed by atoms with Crippen LogP contribution in [0.15, 0.2) is 71.9 Å². The van der Waals surface area contributed by atoms with Crippen molar-refractivity contribution in [1.29, 1.82) is 0 Å². The first kappa shape index (κ1) is 20.1. The van der Waals surface area contributed by atoms with Crippen molar-refractivity contribution in [3.63, 3.8) is 0 Å². The second-order valence-electron chi connectivity index (χ2n) is 7.75. The molecule has 0 saturated carbocycles. The second-order valence-corrected chi connectivity index (χ2v) is 8.19. The molecule has 3 aromatic rings. The number of fused-ring (bicyclic) bond motifs is 8. The van der Waals surface area contributed by atoms with Gasteiger partial charge in [0.25, 0.3) is 0 Å². The molecule has 0 amide bonds. The number of hydrogen-bond acceptors (Lipinski definition) is 3. The summed E-state index contributed by atoms with van der Waals surface area (Å²) in [6.45, 7) is 0.926. The Morgan fingerprint density at radius 1 is 0.688 bits per heavy atom. The van der Waals surface area contributed by atoms with E-state index in [2.05, 4.69) is 49.1 Å². The van der Waals surface area contributed by atoms with Crippen molar-refractivity contribution >= 4 is 58.0 Å². The Hall–Kier alpha value is -3.83. The van der Waals surface area contributed by atoms with E-state index in [-0.39, 0.29) is 0 Å². The Morgan fingerprint density at radius 3 is 1.41 bits per heavy atom. The summed E-state index contributed by atoms with van der Waals surface area (Å²) < 4.78 is 0. The average Bonchev–Trinajstić information content (AvgIpc) is 3.57. The van der Waals surface area contributed by atoms with E-state index in [1.807, 2.05) is 74.0 Å². The van der Waals surface area contributed by atoms with Gasteiger partial charge in [-0.25, -0.2) is 9.97 Å². The van der Waals surface area contributed by atoms with E-state index >= 15 is 0 Å². The summed E-state index contributed by atoms with van der Waals surface area (Å²) in [5, 5.41) is 0.836. The van der Waals surface area contributed by atoms with Gasteiger partial charge in [0.2, 0.25) is 0 Å². The molecule has 6 heterocycles. The Morgan fingerprint density at radius 2 is 1.09 bits per heavy atom. The van der Waals surface area contributed by atoms with Gasteiger partial charge in [-0.05, 0) is 85.0 Å². The van der Waals surface area contributed by atoms with Crippen LogP contribution in [-0.2, 0) is 0 Å². The van der Waals surface area contributed by atoms with Gasteiger partial charge in [-0.3, -0.25) is 0 Å². The molecule has 0 atom stereocenters. The third-order valence-electron chi connectivity index (χ3n) is 5.10. The maximum absolute atomic E-state index is 5.63.